The first-order chi connectivity index (χ1) is 14.9. The minimum Gasteiger partial charge on any atom is -0.339 e. The Hall–Kier alpha value is -3.21. The largest absolute Gasteiger partial charge is 0.339 e. The molecule has 1 amide bonds. The number of hydrogen-bond acceptors (Lipinski definition) is 4. The molecule has 0 aliphatic carbocycles. The number of rotatable bonds is 6. The highest BCUT2D eigenvalue weighted by Crippen LogP contribution is 2.41. The molecule has 4 rings (SSSR count). The molecule has 0 saturated carbocycles. The minimum absolute atomic E-state index is 0.0789. The van der Waals surface area contributed by atoms with E-state index in [1.54, 1.807) is 12.4 Å². The van der Waals surface area contributed by atoms with Crippen molar-refractivity contribution in [2.75, 3.05) is 6.54 Å². The Labute approximate surface area is 184 Å². The number of carbonyl (C=O) groups is 1. The number of hydrogen-bond donors (Lipinski definition) is 0. The van der Waals surface area contributed by atoms with Crippen LogP contribution in [0.3, 0.4) is 0 Å². The molecule has 0 N–H and O–H groups in total. The van der Waals surface area contributed by atoms with Gasteiger partial charge in [-0.25, -0.2) is 0 Å². The molecular weight excluding hydrogens is 384 g/mol. The maximum Gasteiger partial charge on any atom is 0.225 e. The van der Waals surface area contributed by atoms with Crippen LogP contribution in [0.5, 0.6) is 0 Å². The van der Waals surface area contributed by atoms with Crippen molar-refractivity contribution in [2.45, 2.75) is 52.2 Å². The smallest absolute Gasteiger partial charge is 0.225 e. The third-order valence-corrected chi connectivity index (χ3v) is 6.31. The van der Waals surface area contributed by atoms with Gasteiger partial charge >= 0.3 is 0 Å². The number of benzene rings is 1. The maximum atomic E-state index is 13.4. The molecule has 5 heteroatoms. The standard InChI is InChI=1S/C26H30N4O/c1-5-29(18-21-10-13-27-14-11-21)25(31)17-23-26(4,22-8-6-19(2)7-9-22)28-24-16-20(3)12-15-30(23)24/h6-16,23H,5,17-18H2,1-4H3. The van der Waals surface area contributed by atoms with Crippen LogP contribution in [0, 0.1) is 6.92 Å². The predicted molar refractivity (Wildman–Crippen MR) is 124 cm³/mol. The van der Waals surface area contributed by atoms with Crippen LogP contribution >= 0.6 is 0 Å². The summed E-state index contributed by atoms with van der Waals surface area (Å²) in [6.07, 6.45) is 10.2. The number of fused-ring (bicyclic) bond motifs is 1. The Kier molecular flexibility index (Phi) is 5.77. The van der Waals surface area contributed by atoms with E-state index >= 15 is 0 Å². The highest BCUT2D eigenvalue weighted by atomic mass is 16.2. The zero-order chi connectivity index (χ0) is 22.0. The Balaban J connectivity index is 1.63. The van der Waals surface area contributed by atoms with Gasteiger partial charge in [-0.05, 0) is 68.7 Å². The second-order valence-corrected chi connectivity index (χ2v) is 8.58. The van der Waals surface area contributed by atoms with Gasteiger partial charge in [0.05, 0.1) is 12.5 Å². The maximum absolute atomic E-state index is 13.4. The first-order valence-electron chi connectivity index (χ1n) is 10.9. The van der Waals surface area contributed by atoms with E-state index in [0.717, 1.165) is 17.0 Å². The lowest BCUT2D eigenvalue weighted by molar-refractivity contribution is -0.132. The Morgan fingerprint density at radius 3 is 2.52 bits per heavy atom. The molecule has 5 nitrogen and oxygen atoms in total. The summed E-state index contributed by atoms with van der Waals surface area (Å²) in [6, 6.07) is 12.4. The number of nitrogens with zero attached hydrogens (tertiary/aromatic N) is 4. The summed E-state index contributed by atoms with van der Waals surface area (Å²) in [5, 5.41) is 0. The number of amides is 1. The van der Waals surface area contributed by atoms with E-state index in [4.69, 9.17) is 4.99 Å². The molecule has 0 spiro atoms. The van der Waals surface area contributed by atoms with E-state index in [1.807, 2.05) is 24.0 Å². The Bertz CT molecular complexity index is 1040. The average Bonchev–Trinajstić information content (AvgIpc) is 3.04. The van der Waals surface area contributed by atoms with Crippen molar-refractivity contribution in [3.63, 3.8) is 0 Å². The fourth-order valence-electron chi connectivity index (χ4n) is 4.36. The van der Waals surface area contributed by atoms with Crippen LogP contribution in [-0.2, 0) is 16.9 Å². The zero-order valence-electron chi connectivity index (χ0n) is 18.7. The minimum atomic E-state index is -0.500. The Morgan fingerprint density at radius 2 is 1.84 bits per heavy atom. The molecule has 2 aromatic rings. The second kappa shape index (κ2) is 8.50. The van der Waals surface area contributed by atoms with Crippen LogP contribution in [0.4, 0.5) is 0 Å². The van der Waals surface area contributed by atoms with Crippen molar-refractivity contribution in [2.24, 2.45) is 4.99 Å². The molecule has 1 aromatic heterocycles. The van der Waals surface area contributed by atoms with Crippen LogP contribution in [0.15, 0.2) is 77.7 Å². The highest BCUT2D eigenvalue weighted by molar-refractivity contribution is 5.98. The van der Waals surface area contributed by atoms with Crippen LogP contribution < -0.4 is 0 Å². The topological polar surface area (TPSA) is 48.8 Å². The Morgan fingerprint density at radius 1 is 1.13 bits per heavy atom. The predicted octanol–water partition coefficient (Wildman–Crippen LogP) is 4.60. The van der Waals surface area contributed by atoms with E-state index in [-0.39, 0.29) is 11.9 Å². The van der Waals surface area contributed by atoms with Gasteiger partial charge in [0.1, 0.15) is 11.4 Å². The van der Waals surface area contributed by atoms with Crippen molar-refractivity contribution in [1.29, 1.82) is 0 Å². The fraction of sp³-hybridized carbons (Fsp3) is 0.346. The fourth-order valence-corrected chi connectivity index (χ4v) is 4.36. The van der Waals surface area contributed by atoms with Crippen LogP contribution in [-0.4, -0.2) is 39.1 Å². The molecule has 1 aromatic carbocycles. The molecule has 0 bridgehead atoms. The van der Waals surface area contributed by atoms with Crippen molar-refractivity contribution < 1.29 is 4.79 Å². The monoisotopic (exact) mass is 414 g/mol. The quantitative estimate of drug-likeness (QED) is 0.694. The molecule has 3 heterocycles. The lowest BCUT2D eigenvalue weighted by Gasteiger charge is -2.35. The number of allylic oxidation sites excluding steroid dienone is 2. The average molecular weight is 415 g/mol. The summed E-state index contributed by atoms with van der Waals surface area (Å²) in [7, 11) is 0. The van der Waals surface area contributed by atoms with Crippen molar-refractivity contribution in [3.8, 4) is 0 Å². The number of carbonyl (C=O) groups excluding carboxylic acids is 1. The van der Waals surface area contributed by atoms with E-state index in [2.05, 4.69) is 73.3 Å². The van der Waals surface area contributed by atoms with E-state index in [0.29, 0.717) is 19.5 Å². The van der Waals surface area contributed by atoms with Gasteiger partial charge in [0.2, 0.25) is 5.91 Å². The van der Waals surface area contributed by atoms with Gasteiger partial charge in [-0.2, -0.15) is 0 Å². The van der Waals surface area contributed by atoms with E-state index < -0.39 is 5.54 Å². The molecule has 2 aliphatic heterocycles. The number of aromatic nitrogens is 1. The van der Waals surface area contributed by atoms with Gasteiger partial charge in [-0.1, -0.05) is 29.8 Å². The second-order valence-electron chi connectivity index (χ2n) is 8.58. The summed E-state index contributed by atoms with van der Waals surface area (Å²) in [5.41, 5.74) is 4.11. The van der Waals surface area contributed by atoms with Gasteiger partial charge < -0.3 is 9.80 Å². The number of pyridine rings is 1. The van der Waals surface area contributed by atoms with Crippen LogP contribution in [0.1, 0.15) is 43.9 Å². The van der Waals surface area contributed by atoms with Gasteiger partial charge in [0, 0.05) is 31.7 Å². The lowest BCUT2D eigenvalue weighted by Crippen LogP contribution is -2.45. The SMILES string of the molecule is CCN(Cc1ccncc1)C(=O)CC1N2C=CC(C)=CC2=NC1(C)c1ccc(C)cc1. The lowest BCUT2D eigenvalue weighted by atomic mass is 9.83. The van der Waals surface area contributed by atoms with Gasteiger partial charge in [-0.3, -0.25) is 14.8 Å². The van der Waals surface area contributed by atoms with Crippen molar-refractivity contribution >= 4 is 11.7 Å². The molecule has 0 radical (unpaired) electrons. The molecule has 2 atom stereocenters. The van der Waals surface area contributed by atoms with E-state index in [9.17, 15) is 4.79 Å². The first-order valence-corrected chi connectivity index (χ1v) is 10.9. The zero-order valence-corrected chi connectivity index (χ0v) is 18.7. The number of amidine groups is 1. The van der Waals surface area contributed by atoms with Gasteiger partial charge in [-0.15, -0.1) is 0 Å². The molecule has 2 unspecified atom stereocenters. The summed E-state index contributed by atoms with van der Waals surface area (Å²) in [5.74, 6) is 1.07. The van der Waals surface area contributed by atoms with Gasteiger partial charge in [0.15, 0.2) is 0 Å². The van der Waals surface area contributed by atoms with Crippen molar-refractivity contribution in [1.82, 2.24) is 14.8 Å². The van der Waals surface area contributed by atoms with Crippen molar-refractivity contribution in [3.05, 3.63) is 89.4 Å². The molecule has 0 saturated heterocycles. The van der Waals surface area contributed by atoms with Crippen LogP contribution in [0.2, 0.25) is 0 Å². The number of aryl methyl sites for hydroxylation is 1. The molecular formula is C26H30N4O. The number of aliphatic imine (C=N–C) groups is 1. The molecule has 31 heavy (non-hydrogen) atoms. The highest BCUT2D eigenvalue weighted by Gasteiger charge is 2.47. The molecule has 2 aliphatic rings. The first kappa shape index (κ1) is 21.0. The van der Waals surface area contributed by atoms with Gasteiger partial charge in [0.25, 0.3) is 0 Å². The van der Waals surface area contributed by atoms with Crippen LogP contribution in [0.25, 0.3) is 0 Å². The summed E-state index contributed by atoms with van der Waals surface area (Å²) in [6.45, 7) is 9.60. The normalized spacial score (nSPS) is 22.1. The van der Waals surface area contributed by atoms with E-state index in [1.165, 1.54) is 11.1 Å². The molecule has 160 valence electrons. The third kappa shape index (κ3) is 4.18. The summed E-state index contributed by atoms with van der Waals surface area (Å²) < 4.78 is 0. The summed E-state index contributed by atoms with van der Waals surface area (Å²) >= 11 is 0. The summed E-state index contributed by atoms with van der Waals surface area (Å²) in [4.78, 5) is 26.7. The third-order valence-electron chi connectivity index (χ3n) is 6.31. The molecule has 0 fully saturated rings.